The zero-order chi connectivity index (χ0) is 13.8. The molecule has 1 aliphatic carbocycles. The Balaban J connectivity index is 1.48. The first-order chi connectivity index (χ1) is 9.86. The van der Waals surface area contributed by atoms with Crippen molar-refractivity contribution in [1.82, 2.24) is 19.9 Å². The van der Waals surface area contributed by atoms with Gasteiger partial charge in [0.1, 0.15) is 5.82 Å². The highest BCUT2D eigenvalue weighted by Gasteiger charge is 2.20. The highest BCUT2D eigenvalue weighted by molar-refractivity contribution is 5.36. The maximum atomic E-state index is 5.40. The second-order valence-corrected chi connectivity index (χ2v) is 5.46. The molecule has 2 heterocycles. The Kier molecular flexibility index (Phi) is 4.28. The van der Waals surface area contributed by atoms with Gasteiger partial charge in [0.15, 0.2) is 5.65 Å². The second-order valence-electron chi connectivity index (χ2n) is 5.46. The summed E-state index contributed by atoms with van der Waals surface area (Å²) in [6, 6.07) is 6.61. The number of rotatable bonds is 5. The minimum atomic E-state index is 0.466. The van der Waals surface area contributed by atoms with E-state index in [0.29, 0.717) is 12.1 Å². The SMILES string of the molecule is COC1CCC(NCCc2nnc3ccccn23)CC1. The number of nitrogens with zero attached hydrogens (tertiary/aromatic N) is 3. The normalized spacial score (nSPS) is 23.2. The molecule has 2 aromatic heterocycles. The molecule has 0 amide bonds. The highest BCUT2D eigenvalue weighted by Crippen LogP contribution is 2.20. The summed E-state index contributed by atoms with van der Waals surface area (Å²) in [4.78, 5) is 0. The summed E-state index contributed by atoms with van der Waals surface area (Å²) < 4.78 is 7.46. The van der Waals surface area contributed by atoms with Crippen LogP contribution in [0.25, 0.3) is 5.65 Å². The van der Waals surface area contributed by atoms with Crippen molar-refractivity contribution >= 4 is 5.65 Å². The van der Waals surface area contributed by atoms with Gasteiger partial charge < -0.3 is 10.1 Å². The fraction of sp³-hybridized carbons (Fsp3) is 0.600. The Morgan fingerprint density at radius 1 is 1.25 bits per heavy atom. The van der Waals surface area contributed by atoms with Crippen molar-refractivity contribution in [3.05, 3.63) is 30.2 Å². The smallest absolute Gasteiger partial charge is 0.160 e. The Morgan fingerprint density at radius 3 is 2.90 bits per heavy atom. The van der Waals surface area contributed by atoms with Crippen LogP contribution in [-0.2, 0) is 11.2 Å². The van der Waals surface area contributed by atoms with E-state index in [-0.39, 0.29) is 0 Å². The summed E-state index contributed by atoms with van der Waals surface area (Å²) in [6.45, 7) is 0.956. The summed E-state index contributed by atoms with van der Waals surface area (Å²) >= 11 is 0. The van der Waals surface area contributed by atoms with E-state index in [4.69, 9.17) is 4.74 Å². The molecule has 0 aliphatic heterocycles. The van der Waals surface area contributed by atoms with Gasteiger partial charge >= 0.3 is 0 Å². The van der Waals surface area contributed by atoms with Crippen molar-refractivity contribution in [3.63, 3.8) is 0 Å². The lowest BCUT2D eigenvalue weighted by molar-refractivity contribution is 0.0626. The van der Waals surface area contributed by atoms with Gasteiger partial charge in [0.25, 0.3) is 0 Å². The lowest BCUT2D eigenvalue weighted by Crippen LogP contribution is -2.36. The molecular weight excluding hydrogens is 252 g/mol. The Labute approximate surface area is 119 Å². The van der Waals surface area contributed by atoms with E-state index in [9.17, 15) is 0 Å². The molecule has 2 aromatic rings. The maximum Gasteiger partial charge on any atom is 0.160 e. The molecule has 1 aliphatic rings. The molecular formula is C15H22N4O. The first-order valence-corrected chi connectivity index (χ1v) is 7.41. The molecule has 0 unspecified atom stereocenters. The summed E-state index contributed by atoms with van der Waals surface area (Å²) in [6.07, 6.45) is 8.15. The Hall–Kier alpha value is -1.46. The number of hydrogen-bond donors (Lipinski definition) is 1. The van der Waals surface area contributed by atoms with Crippen LogP contribution in [0.4, 0.5) is 0 Å². The minimum absolute atomic E-state index is 0.466. The van der Waals surface area contributed by atoms with Crippen LogP contribution in [0.15, 0.2) is 24.4 Å². The molecule has 5 heteroatoms. The van der Waals surface area contributed by atoms with E-state index in [0.717, 1.165) is 24.4 Å². The molecule has 1 fully saturated rings. The molecule has 0 spiro atoms. The first-order valence-electron chi connectivity index (χ1n) is 7.41. The summed E-state index contributed by atoms with van der Waals surface area (Å²) in [5.74, 6) is 1.03. The van der Waals surface area contributed by atoms with Crippen LogP contribution in [0, 0.1) is 0 Å². The van der Waals surface area contributed by atoms with Gasteiger partial charge in [0.2, 0.25) is 0 Å². The molecule has 20 heavy (non-hydrogen) atoms. The van der Waals surface area contributed by atoms with Gasteiger partial charge in [-0.05, 0) is 37.8 Å². The second kappa shape index (κ2) is 6.33. The lowest BCUT2D eigenvalue weighted by atomic mass is 9.93. The third-order valence-electron chi connectivity index (χ3n) is 4.17. The van der Waals surface area contributed by atoms with Crippen LogP contribution in [-0.4, -0.2) is 40.4 Å². The van der Waals surface area contributed by atoms with E-state index in [1.165, 1.54) is 25.7 Å². The fourth-order valence-corrected chi connectivity index (χ4v) is 2.95. The maximum absolute atomic E-state index is 5.40. The molecule has 1 saturated carbocycles. The molecule has 0 saturated heterocycles. The largest absolute Gasteiger partial charge is 0.381 e. The molecule has 0 bridgehead atoms. The van der Waals surface area contributed by atoms with Gasteiger partial charge in [-0.15, -0.1) is 10.2 Å². The van der Waals surface area contributed by atoms with Crippen molar-refractivity contribution < 1.29 is 4.74 Å². The van der Waals surface area contributed by atoms with E-state index in [1.807, 2.05) is 31.5 Å². The van der Waals surface area contributed by atoms with Gasteiger partial charge in [-0.1, -0.05) is 6.07 Å². The van der Waals surface area contributed by atoms with Crippen molar-refractivity contribution in [2.45, 2.75) is 44.2 Å². The van der Waals surface area contributed by atoms with Gasteiger partial charge in [-0.2, -0.15) is 0 Å². The number of fused-ring (bicyclic) bond motifs is 1. The molecule has 0 radical (unpaired) electrons. The molecule has 3 rings (SSSR count). The third kappa shape index (κ3) is 2.99. The number of nitrogens with one attached hydrogen (secondary N) is 1. The summed E-state index contributed by atoms with van der Waals surface area (Å²) in [5.41, 5.74) is 0.920. The van der Waals surface area contributed by atoms with Gasteiger partial charge in [0.05, 0.1) is 6.10 Å². The third-order valence-corrected chi connectivity index (χ3v) is 4.17. The van der Waals surface area contributed by atoms with Crippen LogP contribution in [0.1, 0.15) is 31.5 Å². The number of hydrogen-bond acceptors (Lipinski definition) is 4. The van der Waals surface area contributed by atoms with Crippen LogP contribution >= 0.6 is 0 Å². The number of ether oxygens (including phenoxy) is 1. The van der Waals surface area contributed by atoms with E-state index in [1.54, 1.807) is 0 Å². The Morgan fingerprint density at radius 2 is 2.10 bits per heavy atom. The number of methoxy groups -OCH3 is 1. The average Bonchev–Trinajstić information content (AvgIpc) is 2.92. The van der Waals surface area contributed by atoms with Crippen LogP contribution in [0.5, 0.6) is 0 Å². The predicted molar refractivity (Wildman–Crippen MR) is 77.7 cm³/mol. The Bertz CT molecular complexity index is 546. The van der Waals surface area contributed by atoms with Crippen LogP contribution in [0.3, 0.4) is 0 Å². The quantitative estimate of drug-likeness (QED) is 0.903. The summed E-state index contributed by atoms with van der Waals surface area (Å²) in [7, 11) is 1.81. The summed E-state index contributed by atoms with van der Waals surface area (Å²) in [5, 5.41) is 12.1. The monoisotopic (exact) mass is 274 g/mol. The molecule has 1 N–H and O–H groups in total. The average molecular weight is 274 g/mol. The van der Waals surface area contributed by atoms with Gasteiger partial charge in [-0.25, -0.2) is 0 Å². The van der Waals surface area contributed by atoms with Crippen LogP contribution in [0.2, 0.25) is 0 Å². The van der Waals surface area contributed by atoms with E-state index < -0.39 is 0 Å². The molecule has 0 atom stereocenters. The zero-order valence-corrected chi connectivity index (χ0v) is 12.0. The standard InChI is InChI=1S/C15H22N4O/c1-20-13-7-5-12(6-8-13)16-10-9-15-18-17-14-4-2-3-11-19(14)15/h2-4,11-13,16H,5-10H2,1H3. The predicted octanol–water partition coefficient (Wildman–Crippen LogP) is 1.82. The number of aromatic nitrogens is 3. The highest BCUT2D eigenvalue weighted by atomic mass is 16.5. The van der Waals surface area contributed by atoms with Gasteiger partial charge in [0, 0.05) is 32.3 Å². The van der Waals surface area contributed by atoms with Crippen molar-refractivity contribution in [2.75, 3.05) is 13.7 Å². The van der Waals surface area contributed by atoms with Crippen LogP contribution < -0.4 is 5.32 Å². The van der Waals surface area contributed by atoms with Crippen molar-refractivity contribution in [3.8, 4) is 0 Å². The zero-order valence-electron chi connectivity index (χ0n) is 12.0. The molecule has 0 aromatic carbocycles. The topological polar surface area (TPSA) is 51.5 Å². The lowest BCUT2D eigenvalue weighted by Gasteiger charge is -2.28. The minimum Gasteiger partial charge on any atom is -0.381 e. The fourth-order valence-electron chi connectivity index (χ4n) is 2.95. The number of pyridine rings is 1. The van der Waals surface area contributed by atoms with Crippen molar-refractivity contribution in [2.24, 2.45) is 0 Å². The first kappa shape index (κ1) is 13.5. The molecule has 108 valence electrons. The van der Waals surface area contributed by atoms with Crippen molar-refractivity contribution in [1.29, 1.82) is 0 Å². The molecule has 5 nitrogen and oxygen atoms in total. The van der Waals surface area contributed by atoms with Gasteiger partial charge in [-0.3, -0.25) is 4.40 Å². The van der Waals surface area contributed by atoms with E-state index >= 15 is 0 Å². The van der Waals surface area contributed by atoms with E-state index in [2.05, 4.69) is 19.9 Å².